The topological polar surface area (TPSA) is 25.0 Å². The van der Waals surface area contributed by atoms with E-state index in [1.54, 1.807) is 0 Å². The van der Waals surface area contributed by atoms with Crippen molar-refractivity contribution in [1.29, 1.82) is 0 Å². The summed E-state index contributed by atoms with van der Waals surface area (Å²) in [6, 6.07) is 13.8. The van der Waals surface area contributed by atoms with Gasteiger partial charge in [-0.2, -0.15) is 0 Å². The van der Waals surface area contributed by atoms with Crippen LogP contribution < -0.4 is 17.0 Å². The minimum Gasteiger partial charge on any atom is -1.00 e. The Morgan fingerprint density at radius 2 is 1.95 bits per heavy atom. The second-order valence-electron chi connectivity index (χ2n) is 5.49. The summed E-state index contributed by atoms with van der Waals surface area (Å²) >= 11 is 0. The molecule has 2 heterocycles. The van der Waals surface area contributed by atoms with E-state index in [4.69, 9.17) is 0 Å². The number of rotatable bonds is 5. The number of carbonyl (C=O) groups is 1. The largest absolute Gasteiger partial charge is 1.00 e. The minimum atomic E-state index is 0. The van der Waals surface area contributed by atoms with Crippen LogP contribution in [0.15, 0.2) is 48.7 Å². The summed E-state index contributed by atoms with van der Waals surface area (Å²) in [7, 11) is 0. The molecule has 0 spiro atoms. The van der Waals surface area contributed by atoms with Crippen LogP contribution in [0.1, 0.15) is 35.8 Å². The van der Waals surface area contributed by atoms with Gasteiger partial charge in [-0.3, -0.25) is 4.79 Å². The lowest BCUT2D eigenvalue weighted by Gasteiger charge is -2.17. The average Bonchev–Trinajstić information content (AvgIpc) is 2.99. The Morgan fingerprint density at radius 1 is 1.18 bits per heavy atom. The molecular formula is C18H21BrN2O. The highest BCUT2D eigenvalue weighted by molar-refractivity contribution is 5.99. The van der Waals surface area contributed by atoms with Gasteiger partial charge in [-0.05, 0) is 18.6 Å². The van der Waals surface area contributed by atoms with Crippen LogP contribution in [0.25, 0.3) is 0 Å². The summed E-state index contributed by atoms with van der Waals surface area (Å²) in [5.41, 5.74) is 3.37. The maximum Gasteiger partial charge on any atom is 0.227 e. The van der Waals surface area contributed by atoms with E-state index in [9.17, 15) is 4.79 Å². The number of benzene rings is 1. The Bertz CT molecular complexity index is 673. The summed E-state index contributed by atoms with van der Waals surface area (Å²) in [5, 5.41) is 0. The number of nitrogens with zero attached hydrogens (tertiary/aromatic N) is 2. The van der Waals surface area contributed by atoms with Gasteiger partial charge >= 0.3 is 0 Å². The van der Waals surface area contributed by atoms with E-state index in [2.05, 4.69) is 34.4 Å². The summed E-state index contributed by atoms with van der Waals surface area (Å²) in [4.78, 5) is 12.5. The van der Waals surface area contributed by atoms with Crippen LogP contribution in [0.5, 0.6) is 0 Å². The Hall–Kier alpha value is -1.68. The molecule has 3 nitrogen and oxygen atoms in total. The molecule has 1 aromatic heterocycles. The van der Waals surface area contributed by atoms with Crippen LogP contribution in [0.2, 0.25) is 0 Å². The van der Waals surface area contributed by atoms with Gasteiger partial charge in [0.25, 0.3) is 0 Å². The standard InChI is InChI=1S/C18H21N2O.BrH/c1-2-7-16-17-10-6-11-19(17)12-13-20(16)14-18(21)15-8-4-3-5-9-15;/h3-6,8-11H,2,7,12-14H2,1H3;1H/q+1;/p-1. The van der Waals surface area contributed by atoms with Crippen molar-refractivity contribution in [3.05, 3.63) is 59.9 Å². The zero-order valence-electron chi connectivity index (χ0n) is 12.8. The van der Waals surface area contributed by atoms with E-state index < -0.39 is 0 Å². The average molecular weight is 361 g/mol. The van der Waals surface area contributed by atoms with E-state index in [1.807, 2.05) is 30.3 Å². The Kier molecular flexibility index (Phi) is 5.72. The van der Waals surface area contributed by atoms with Gasteiger partial charge in [0.05, 0.1) is 6.54 Å². The summed E-state index contributed by atoms with van der Waals surface area (Å²) in [5.74, 6) is 0.198. The van der Waals surface area contributed by atoms with Crippen molar-refractivity contribution in [2.75, 3.05) is 13.1 Å². The predicted octanol–water partition coefficient (Wildman–Crippen LogP) is -0.00970. The van der Waals surface area contributed by atoms with Crippen LogP contribution in [0.4, 0.5) is 0 Å². The van der Waals surface area contributed by atoms with Gasteiger partial charge in [0.2, 0.25) is 12.3 Å². The van der Waals surface area contributed by atoms with Crippen molar-refractivity contribution in [2.24, 2.45) is 0 Å². The van der Waals surface area contributed by atoms with E-state index >= 15 is 0 Å². The summed E-state index contributed by atoms with van der Waals surface area (Å²) < 4.78 is 4.54. The Morgan fingerprint density at radius 3 is 2.68 bits per heavy atom. The fourth-order valence-electron chi connectivity index (χ4n) is 2.98. The lowest BCUT2D eigenvalue weighted by molar-refractivity contribution is -0.519. The number of carbonyl (C=O) groups excluding carboxylic acids is 1. The van der Waals surface area contributed by atoms with E-state index in [1.165, 1.54) is 11.4 Å². The van der Waals surface area contributed by atoms with Crippen LogP contribution in [0, 0.1) is 0 Å². The van der Waals surface area contributed by atoms with Crippen molar-refractivity contribution in [3.63, 3.8) is 0 Å². The zero-order chi connectivity index (χ0) is 14.7. The highest BCUT2D eigenvalue weighted by Crippen LogP contribution is 2.14. The SMILES string of the molecule is CCCC1=[N+](CC(=O)c2ccccc2)CCn2cccc21.[Br-]. The molecule has 0 bridgehead atoms. The highest BCUT2D eigenvalue weighted by atomic mass is 79.9. The molecule has 0 amide bonds. The number of hydrogen-bond donors (Lipinski definition) is 0. The number of ketones is 1. The molecule has 3 rings (SSSR count). The molecule has 0 unspecified atom stereocenters. The second kappa shape index (κ2) is 7.54. The molecule has 116 valence electrons. The van der Waals surface area contributed by atoms with Crippen LogP contribution in [-0.4, -0.2) is 33.7 Å². The molecule has 1 aliphatic rings. The van der Waals surface area contributed by atoms with E-state index in [0.29, 0.717) is 6.54 Å². The molecule has 1 aliphatic heterocycles. The maximum absolute atomic E-state index is 12.5. The molecule has 0 atom stereocenters. The van der Waals surface area contributed by atoms with E-state index in [-0.39, 0.29) is 22.8 Å². The highest BCUT2D eigenvalue weighted by Gasteiger charge is 2.26. The monoisotopic (exact) mass is 360 g/mol. The molecule has 0 radical (unpaired) electrons. The lowest BCUT2D eigenvalue weighted by atomic mass is 10.1. The Balaban J connectivity index is 0.00000176. The first-order chi connectivity index (χ1) is 10.3. The van der Waals surface area contributed by atoms with Crippen molar-refractivity contribution >= 4 is 11.5 Å². The van der Waals surface area contributed by atoms with Gasteiger partial charge < -0.3 is 21.5 Å². The third-order valence-corrected chi connectivity index (χ3v) is 4.03. The van der Waals surface area contributed by atoms with Crippen molar-refractivity contribution in [2.45, 2.75) is 26.3 Å². The third kappa shape index (κ3) is 3.38. The van der Waals surface area contributed by atoms with Gasteiger partial charge in [0, 0.05) is 18.2 Å². The van der Waals surface area contributed by atoms with Crippen molar-refractivity contribution in [3.8, 4) is 0 Å². The number of aromatic nitrogens is 1. The molecule has 4 heteroatoms. The fourth-order valence-corrected chi connectivity index (χ4v) is 2.98. The first kappa shape index (κ1) is 16.7. The number of fused-ring (bicyclic) bond motifs is 1. The van der Waals surface area contributed by atoms with Crippen molar-refractivity contribution < 1.29 is 26.4 Å². The predicted molar refractivity (Wildman–Crippen MR) is 84.2 cm³/mol. The van der Waals surface area contributed by atoms with Gasteiger partial charge in [0.1, 0.15) is 5.69 Å². The number of Topliss-reactive ketones (excluding diaryl/α,β-unsaturated/α-hetero) is 1. The first-order valence-corrected chi connectivity index (χ1v) is 7.64. The number of halogens is 1. The molecule has 2 aromatic rings. The van der Waals surface area contributed by atoms with Gasteiger partial charge in [-0.1, -0.05) is 37.3 Å². The molecule has 0 N–H and O–H groups in total. The quantitative estimate of drug-likeness (QED) is 0.543. The normalized spacial score (nSPS) is 13.5. The van der Waals surface area contributed by atoms with Crippen LogP contribution >= 0.6 is 0 Å². The summed E-state index contributed by atoms with van der Waals surface area (Å²) in [6.45, 7) is 4.53. The van der Waals surface area contributed by atoms with Crippen molar-refractivity contribution in [1.82, 2.24) is 4.57 Å². The second-order valence-corrected chi connectivity index (χ2v) is 5.49. The van der Waals surface area contributed by atoms with Crippen LogP contribution in [-0.2, 0) is 6.54 Å². The van der Waals surface area contributed by atoms with Gasteiger partial charge in [-0.25, -0.2) is 4.58 Å². The summed E-state index contributed by atoms with van der Waals surface area (Å²) in [6.07, 6.45) is 4.24. The zero-order valence-corrected chi connectivity index (χ0v) is 14.4. The molecule has 0 saturated heterocycles. The lowest BCUT2D eigenvalue weighted by Crippen LogP contribution is -3.00. The minimum absolute atomic E-state index is 0. The van der Waals surface area contributed by atoms with Gasteiger partial charge in [-0.15, -0.1) is 0 Å². The van der Waals surface area contributed by atoms with Crippen LogP contribution in [0.3, 0.4) is 0 Å². The van der Waals surface area contributed by atoms with Gasteiger partial charge in [0.15, 0.2) is 12.3 Å². The fraction of sp³-hybridized carbons (Fsp3) is 0.333. The first-order valence-electron chi connectivity index (χ1n) is 7.64. The van der Waals surface area contributed by atoms with E-state index in [0.717, 1.165) is 31.5 Å². The Labute approximate surface area is 142 Å². The molecule has 1 aromatic carbocycles. The molecule has 0 aliphatic carbocycles. The molecule has 22 heavy (non-hydrogen) atoms. The maximum atomic E-state index is 12.5. The third-order valence-electron chi connectivity index (χ3n) is 4.03. The molecular weight excluding hydrogens is 340 g/mol. The molecule has 0 fully saturated rings. The number of hydrogen-bond acceptors (Lipinski definition) is 1. The molecule has 0 saturated carbocycles. The smallest absolute Gasteiger partial charge is 0.227 e.